The van der Waals surface area contributed by atoms with Gasteiger partial charge >= 0.3 is 6.09 Å². The van der Waals surface area contributed by atoms with E-state index < -0.39 is 44.5 Å². The molecule has 0 saturated heterocycles. The van der Waals surface area contributed by atoms with E-state index in [1.807, 2.05) is 0 Å². The lowest BCUT2D eigenvalue weighted by molar-refractivity contribution is -0.387. The molecule has 1 saturated carbocycles. The number of carbonyl (C=O) groups excluding carboxylic acids is 1. The van der Waals surface area contributed by atoms with Crippen LogP contribution in [0.15, 0.2) is 29.2 Å². The molecule has 1 aliphatic carbocycles. The molecule has 186 valence electrons. The molecule has 0 bridgehead atoms. The maximum atomic E-state index is 13.5. The van der Waals surface area contributed by atoms with Gasteiger partial charge in [0, 0.05) is 24.7 Å². The van der Waals surface area contributed by atoms with Crippen molar-refractivity contribution in [3.8, 4) is 0 Å². The molecule has 0 heterocycles. The van der Waals surface area contributed by atoms with Crippen LogP contribution >= 0.6 is 0 Å². The van der Waals surface area contributed by atoms with Gasteiger partial charge in [0.05, 0.1) is 11.0 Å². The first-order valence-electron chi connectivity index (χ1n) is 11.1. The van der Waals surface area contributed by atoms with Gasteiger partial charge in [0.1, 0.15) is 5.60 Å². The van der Waals surface area contributed by atoms with Gasteiger partial charge < -0.3 is 15.2 Å². The number of hydrogen-bond acceptors (Lipinski definition) is 7. The Morgan fingerprint density at radius 1 is 1.24 bits per heavy atom. The van der Waals surface area contributed by atoms with Crippen molar-refractivity contribution in [3.05, 3.63) is 34.4 Å². The van der Waals surface area contributed by atoms with Crippen LogP contribution in [0.4, 0.5) is 10.5 Å². The van der Waals surface area contributed by atoms with Crippen LogP contribution in [0, 0.1) is 16.0 Å². The van der Waals surface area contributed by atoms with E-state index in [0.29, 0.717) is 25.7 Å². The Labute approximate surface area is 195 Å². The second-order valence-corrected chi connectivity index (χ2v) is 11.5. The van der Waals surface area contributed by atoms with E-state index >= 15 is 0 Å². The standard InChI is InChI=1S/C22H35N3O7S/c1-15(26)14-24(33(30,31)20-9-7-6-8-19(20)25(28)29)16(2)17-10-12-18(13-11-17)23-21(27)32-22(3,4)5/h6-9,15-18,26H,10-14H2,1-5H3,(H,23,27)/t15?,16-,17?,18?/m0/s1. The predicted molar refractivity (Wildman–Crippen MR) is 123 cm³/mol. The number of ether oxygens (including phenoxy) is 1. The number of carbonyl (C=O) groups is 1. The minimum absolute atomic E-state index is 0.0296. The van der Waals surface area contributed by atoms with Crippen molar-refractivity contribution < 1.29 is 28.0 Å². The summed E-state index contributed by atoms with van der Waals surface area (Å²) in [5.74, 6) is -0.0296. The number of aliphatic hydroxyl groups is 1. The highest BCUT2D eigenvalue weighted by atomic mass is 32.2. The first-order chi connectivity index (χ1) is 15.2. The number of aliphatic hydroxyl groups excluding tert-OH is 1. The summed E-state index contributed by atoms with van der Waals surface area (Å²) in [5, 5.41) is 24.3. The Kier molecular flexibility index (Phi) is 8.83. The van der Waals surface area contributed by atoms with Gasteiger partial charge in [0.15, 0.2) is 4.90 Å². The molecule has 0 aromatic heterocycles. The molecule has 2 N–H and O–H groups in total. The number of para-hydroxylation sites is 1. The van der Waals surface area contributed by atoms with Crippen molar-refractivity contribution >= 4 is 21.8 Å². The number of amides is 1. The minimum Gasteiger partial charge on any atom is -0.444 e. The van der Waals surface area contributed by atoms with E-state index in [9.17, 15) is 28.4 Å². The van der Waals surface area contributed by atoms with Crippen molar-refractivity contribution in [2.75, 3.05) is 6.54 Å². The first kappa shape index (κ1) is 27.0. The van der Waals surface area contributed by atoms with Crippen LogP contribution in [0.2, 0.25) is 0 Å². The molecular weight excluding hydrogens is 450 g/mol. The average Bonchev–Trinajstić information content (AvgIpc) is 2.70. The van der Waals surface area contributed by atoms with Crippen LogP contribution in [-0.2, 0) is 14.8 Å². The summed E-state index contributed by atoms with van der Waals surface area (Å²) in [7, 11) is -4.23. The molecule has 2 rings (SSSR count). The zero-order valence-electron chi connectivity index (χ0n) is 19.9. The molecule has 10 nitrogen and oxygen atoms in total. The molecule has 2 atom stereocenters. The molecule has 1 unspecified atom stereocenters. The molecule has 1 aromatic carbocycles. The largest absolute Gasteiger partial charge is 0.444 e. The number of benzene rings is 1. The van der Waals surface area contributed by atoms with E-state index in [1.54, 1.807) is 27.7 Å². The van der Waals surface area contributed by atoms with Crippen molar-refractivity contribution in [2.45, 2.75) is 89.0 Å². The third-order valence-corrected chi connectivity index (χ3v) is 7.72. The number of nitrogens with zero attached hydrogens (tertiary/aromatic N) is 2. The van der Waals surface area contributed by atoms with Crippen LogP contribution in [0.25, 0.3) is 0 Å². The van der Waals surface area contributed by atoms with Gasteiger partial charge in [0.2, 0.25) is 10.0 Å². The lowest BCUT2D eigenvalue weighted by atomic mass is 9.82. The highest BCUT2D eigenvalue weighted by Crippen LogP contribution is 2.34. The fraction of sp³-hybridized carbons (Fsp3) is 0.682. The molecule has 1 aliphatic rings. The maximum absolute atomic E-state index is 13.5. The number of rotatable bonds is 8. The second kappa shape index (κ2) is 10.8. The fourth-order valence-corrected chi connectivity index (χ4v) is 6.08. The quantitative estimate of drug-likeness (QED) is 0.425. The van der Waals surface area contributed by atoms with E-state index in [4.69, 9.17) is 4.74 Å². The molecule has 33 heavy (non-hydrogen) atoms. The molecule has 0 spiro atoms. The normalized spacial score (nSPS) is 21.3. The number of nitro benzene ring substituents is 1. The van der Waals surface area contributed by atoms with E-state index in [1.165, 1.54) is 29.4 Å². The number of hydrogen-bond donors (Lipinski definition) is 2. The van der Waals surface area contributed by atoms with Gasteiger partial charge in [-0.2, -0.15) is 4.31 Å². The highest BCUT2D eigenvalue weighted by Gasteiger charge is 2.39. The Morgan fingerprint density at radius 2 is 1.82 bits per heavy atom. The van der Waals surface area contributed by atoms with E-state index in [2.05, 4.69) is 5.32 Å². The number of nitrogens with one attached hydrogen (secondary N) is 1. The summed E-state index contributed by atoms with van der Waals surface area (Å²) in [6, 6.07) is 4.67. The van der Waals surface area contributed by atoms with E-state index in [-0.39, 0.29) is 23.4 Å². The lowest BCUT2D eigenvalue weighted by Crippen LogP contribution is -2.48. The highest BCUT2D eigenvalue weighted by molar-refractivity contribution is 7.89. The third kappa shape index (κ3) is 7.38. The maximum Gasteiger partial charge on any atom is 0.407 e. The molecular formula is C22H35N3O7S. The Hall–Kier alpha value is -2.24. The van der Waals surface area contributed by atoms with Crippen LogP contribution in [0.3, 0.4) is 0 Å². The van der Waals surface area contributed by atoms with Crippen LogP contribution < -0.4 is 5.32 Å². The monoisotopic (exact) mass is 485 g/mol. The van der Waals surface area contributed by atoms with Gasteiger partial charge in [-0.25, -0.2) is 13.2 Å². The lowest BCUT2D eigenvalue weighted by Gasteiger charge is -2.38. The zero-order chi connectivity index (χ0) is 25.0. The smallest absolute Gasteiger partial charge is 0.407 e. The summed E-state index contributed by atoms with van der Waals surface area (Å²) in [6.45, 7) is 8.45. The Balaban J connectivity index is 2.17. The fourth-order valence-electron chi connectivity index (χ4n) is 4.15. The summed E-state index contributed by atoms with van der Waals surface area (Å²) < 4.78 is 33.4. The molecule has 0 aliphatic heterocycles. The van der Waals surface area contributed by atoms with Gasteiger partial charge in [-0.3, -0.25) is 10.1 Å². The first-order valence-corrected chi connectivity index (χ1v) is 12.6. The van der Waals surface area contributed by atoms with Gasteiger partial charge in [-0.15, -0.1) is 0 Å². The molecule has 1 aromatic rings. The Morgan fingerprint density at radius 3 is 2.33 bits per heavy atom. The Bertz CT molecular complexity index is 936. The topological polar surface area (TPSA) is 139 Å². The number of nitro groups is 1. The van der Waals surface area contributed by atoms with E-state index in [0.717, 1.165) is 6.07 Å². The van der Waals surface area contributed by atoms with Gasteiger partial charge in [-0.05, 0) is 72.3 Å². The predicted octanol–water partition coefficient (Wildman–Crippen LogP) is 3.44. The van der Waals surface area contributed by atoms with Gasteiger partial charge in [0.25, 0.3) is 5.69 Å². The summed E-state index contributed by atoms with van der Waals surface area (Å²) >= 11 is 0. The molecule has 1 amide bonds. The van der Waals surface area contributed by atoms with Crippen LogP contribution in [-0.4, -0.2) is 59.2 Å². The average molecular weight is 486 g/mol. The summed E-state index contributed by atoms with van der Waals surface area (Å²) in [4.78, 5) is 22.4. The zero-order valence-corrected chi connectivity index (χ0v) is 20.7. The second-order valence-electron chi connectivity index (χ2n) is 9.65. The molecule has 0 radical (unpaired) electrons. The van der Waals surface area contributed by atoms with Crippen molar-refractivity contribution in [2.24, 2.45) is 5.92 Å². The third-order valence-electron chi connectivity index (χ3n) is 5.72. The van der Waals surface area contributed by atoms with Crippen molar-refractivity contribution in [1.29, 1.82) is 0 Å². The van der Waals surface area contributed by atoms with Crippen molar-refractivity contribution in [3.63, 3.8) is 0 Å². The van der Waals surface area contributed by atoms with Crippen LogP contribution in [0.1, 0.15) is 60.3 Å². The molecule has 1 fully saturated rings. The summed E-state index contributed by atoms with van der Waals surface area (Å²) in [5.41, 5.74) is -1.09. The number of alkyl carbamates (subject to hydrolysis) is 1. The minimum atomic E-state index is -4.23. The van der Waals surface area contributed by atoms with Gasteiger partial charge in [-0.1, -0.05) is 12.1 Å². The summed E-state index contributed by atoms with van der Waals surface area (Å²) in [6.07, 6.45) is 1.20. The SMILES string of the molecule is CC(O)CN([C@@H](C)C1CCC(NC(=O)OC(C)(C)C)CC1)S(=O)(=O)c1ccccc1[N+](=O)[O-]. The van der Waals surface area contributed by atoms with Crippen molar-refractivity contribution in [1.82, 2.24) is 9.62 Å². The molecule has 11 heteroatoms. The van der Waals surface area contributed by atoms with Crippen LogP contribution in [0.5, 0.6) is 0 Å². The number of sulfonamides is 1.